The summed E-state index contributed by atoms with van der Waals surface area (Å²) < 4.78 is 2.44. The number of aromatic nitrogens is 4. The molecule has 0 fully saturated rings. The van der Waals surface area contributed by atoms with Gasteiger partial charge in [0.25, 0.3) is 5.56 Å². The SMILES string of the molecule is CCc1nc(SCc2ccc(Cl)cc2Cl)c2c(=O)n(C)c(=O)n(C)c2n1. The third-order valence-corrected chi connectivity index (χ3v) is 5.62. The summed E-state index contributed by atoms with van der Waals surface area (Å²) in [6.07, 6.45) is 0.592. The molecule has 26 heavy (non-hydrogen) atoms. The summed E-state index contributed by atoms with van der Waals surface area (Å²) in [6, 6.07) is 5.29. The van der Waals surface area contributed by atoms with Crippen LogP contribution in [-0.2, 0) is 26.3 Å². The molecule has 0 radical (unpaired) electrons. The molecule has 0 spiro atoms. The summed E-state index contributed by atoms with van der Waals surface area (Å²) in [7, 11) is 3.05. The lowest BCUT2D eigenvalue weighted by atomic mass is 10.2. The minimum absolute atomic E-state index is 0.335. The molecule has 3 aromatic rings. The Morgan fingerprint density at radius 3 is 2.50 bits per heavy atom. The molecule has 2 aromatic heterocycles. The largest absolute Gasteiger partial charge is 0.332 e. The van der Waals surface area contributed by atoms with Gasteiger partial charge in [-0.1, -0.05) is 36.2 Å². The molecule has 0 aliphatic rings. The molecule has 1 aromatic carbocycles. The Labute approximate surface area is 163 Å². The number of aryl methyl sites for hydroxylation is 2. The highest BCUT2D eigenvalue weighted by Gasteiger charge is 2.17. The van der Waals surface area contributed by atoms with Crippen LogP contribution in [-0.4, -0.2) is 19.1 Å². The van der Waals surface area contributed by atoms with E-state index in [0.717, 1.165) is 10.1 Å². The summed E-state index contributed by atoms with van der Waals surface area (Å²) in [5, 5.41) is 1.99. The molecule has 6 nitrogen and oxygen atoms in total. The Morgan fingerprint density at radius 2 is 1.85 bits per heavy atom. The number of halogens is 2. The van der Waals surface area contributed by atoms with Crippen LogP contribution in [0.15, 0.2) is 32.8 Å². The number of rotatable bonds is 4. The maximum absolute atomic E-state index is 12.7. The van der Waals surface area contributed by atoms with Gasteiger partial charge in [0, 0.05) is 36.3 Å². The molecule has 0 amide bonds. The summed E-state index contributed by atoms with van der Waals surface area (Å²) in [5.74, 6) is 1.09. The van der Waals surface area contributed by atoms with Crippen molar-refractivity contribution in [2.24, 2.45) is 14.1 Å². The molecule has 0 bridgehead atoms. The van der Waals surface area contributed by atoms with E-state index >= 15 is 0 Å². The first-order valence-electron chi connectivity index (χ1n) is 7.86. The van der Waals surface area contributed by atoms with Crippen molar-refractivity contribution in [2.75, 3.05) is 0 Å². The first-order chi connectivity index (χ1) is 12.3. The number of fused-ring (bicyclic) bond motifs is 1. The highest BCUT2D eigenvalue weighted by molar-refractivity contribution is 7.98. The molecular formula is C17H16Cl2N4O2S. The van der Waals surface area contributed by atoms with Gasteiger partial charge in [-0.2, -0.15) is 0 Å². The quantitative estimate of drug-likeness (QED) is 0.487. The smallest absolute Gasteiger partial charge is 0.280 e. The second kappa shape index (κ2) is 7.42. The van der Waals surface area contributed by atoms with Crippen molar-refractivity contribution >= 4 is 46.0 Å². The predicted octanol–water partition coefficient (Wildman–Crippen LogP) is 3.19. The van der Waals surface area contributed by atoms with Gasteiger partial charge in [0.05, 0.1) is 0 Å². The fourth-order valence-electron chi connectivity index (χ4n) is 2.52. The molecule has 0 atom stereocenters. The number of hydrogen-bond donors (Lipinski definition) is 0. The van der Waals surface area contributed by atoms with Crippen molar-refractivity contribution in [3.05, 3.63) is 60.5 Å². The molecule has 0 unspecified atom stereocenters. The number of nitrogens with zero attached hydrogens (tertiary/aromatic N) is 4. The van der Waals surface area contributed by atoms with Crippen LogP contribution in [0.1, 0.15) is 18.3 Å². The normalized spacial score (nSPS) is 11.3. The monoisotopic (exact) mass is 410 g/mol. The van der Waals surface area contributed by atoms with Crippen LogP contribution < -0.4 is 11.2 Å². The molecule has 2 heterocycles. The van der Waals surface area contributed by atoms with Gasteiger partial charge in [-0.25, -0.2) is 14.8 Å². The van der Waals surface area contributed by atoms with Crippen molar-refractivity contribution in [1.82, 2.24) is 19.1 Å². The lowest BCUT2D eigenvalue weighted by Gasteiger charge is -2.11. The lowest BCUT2D eigenvalue weighted by Crippen LogP contribution is -2.37. The zero-order valence-corrected chi connectivity index (χ0v) is 16.7. The Kier molecular flexibility index (Phi) is 5.41. The van der Waals surface area contributed by atoms with Gasteiger partial charge in [0.15, 0.2) is 5.65 Å². The molecule has 3 rings (SSSR count). The van der Waals surface area contributed by atoms with Crippen LogP contribution in [0.2, 0.25) is 10.0 Å². The molecule has 0 saturated heterocycles. The molecule has 136 valence electrons. The van der Waals surface area contributed by atoms with Gasteiger partial charge in [-0.3, -0.25) is 13.9 Å². The van der Waals surface area contributed by atoms with E-state index in [1.54, 1.807) is 19.2 Å². The topological polar surface area (TPSA) is 69.8 Å². The molecular weight excluding hydrogens is 395 g/mol. The van der Waals surface area contributed by atoms with Crippen LogP contribution >= 0.6 is 35.0 Å². The maximum Gasteiger partial charge on any atom is 0.332 e. The molecule has 0 aliphatic carbocycles. The third-order valence-electron chi connectivity index (χ3n) is 4.01. The maximum atomic E-state index is 12.7. The number of thioether (sulfide) groups is 1. The zero-order valence-electron chi connectivity index (χ0n) is 14.4. The lowest BCUT2D eigenvalue weighted by molar-refractivity contribution is 0.698. The zero-order chi connectivity index (χ0) is 19.0. The first kappa shape index (κ1) is 18.9. The van der Waals surface area contributed by atoms with Crippen molar-refractivity contribution in [3.8, 4) is 0 Å². The summed E-state index contributed by atoms with van der Waals surface area (Å²) >= 11 is 13.5. The van der Waals surface area contributed by atoms with Gasteiger partial charge in [0.1, 0.15) is 16.2 Å². The van der Waals surface area contributed by atoms with Gasteiger partial charge in [0.2, 0.25) is 0 Å². The summed E-state index contributed by atoms with van der Waals surface area (Å²) in [5.41, 5.74) is 0.401. The van der Waals surface area contributed by atoms with E-state index in [1.807, 2.05) is 13.0 Å². The second-order valence-electron chi connectivity index (χ2n) is 5.73. The van der Waals surface area contributed by atoms with Crippen LogP contribution in [0, 0.1) is 0 Å². The van der Waals surface area contributed by atoms with Crippen LogP contribution in [0.3, 0.4) is 0 Å². The Bertz CT molecular complexity index is 1120. The van der Waals surface area contributed by atoms with E-state index in [0.29, 0.717) is 44.1 Å². The van der Waals surface area contributed by atoms with Gasteiger partial charge >= 0.3 is 5.69 Å². The Balaban J connectivity index is 2.15. The van der Waals surface area contributed by atoms with Gasteiger partial charge in [-0.05, 0) is 17.7 Å². The van der Waals surface area contributed by atoms with Gasteiger partial charge in [-0.15, -0.1) is 11.8 Å². The average Bonchev–Trinajstić information content (AvgIpc) is 2.63. The van der Waals surface area contributed by atoms with Crippen molar-refractivity contribution in [2.45, 2.75) is 24.1 Å². The number of benzene rings is 1. The Morgan fingerprint density at radius 1 is 1.12 bits per heavy atom. The van der Waals surface area contributed by atoms with Crippen LogP contribution in [0.5, 0.6) is 0 Å². The van der Waals surface area contributed by atoms with Crippen molar-refractivity contribution < 1.29 is 0 Å². The van der Waals surface area contributed by atoms with E-state index < -0.39 is 11.2 Å². The minimum atomic E-state index is -0.417. The second-order valence-corrected chi connectivity index (χ2v) is 7.53. The van der Waals surface area contributed by atoms with E-state index in [2.05, 4.69) is 9.97 Å². The van der Waals surface area contributed by atoms with E-state index in [1.165, 1.54) is 23.4 Å². The van der Waals surface area contributed by atoms with Crippen LogP contribution in [0.4, 0.5) is 0 Å². The van der Waals surface area contributed by atoms with Gasteiger partial charge < -0.3 is 0 Å². The first-order valence-corrected chi connectivity index (χ1v) is 9.61. The fourth-order valence-corrected chi connectivity index (χ4v) is 4.11. The minimum Gasteiger partial charge on any atom is -0.280 e. The van der Waals surface area contributed by atoms with E-state index in [-0.39, 0.29) is 0 Å². The van der Waals surface area contributed by atoms with Crippen molar-refractivity contribution in [1.29, 1.82) is 0 Å². The standard InChI is InChI=1S/C17H16Cl2N4O2S/c1-4-12-20-14-13(16(24)23(3)17(25)22(14)2)15(21-12)26-8-9-5-6-10(18)7-11(9)19/h5-7H,4,8H2,1-3H3. The highest BCUT2D eigenvalue weighted by atomic mass is 35.5. The molecule has 0 saturated carbocycles. The Hall–Kier alpha value is -1.83. The molecule has 9 heteroatoms. The predicted molar refractivity (Wildman–Crippen MR) is 105 cm³/mol. The molecule has 0 N–H and O–H groups in total. The van der Waals surface area contributed by atoms with Crippen LogP contribution in [0.25, 0.3) is 11.0 Å². The summed E-state index contributed by atoms with van der Waals surface area (Å²) in [6.45, 7) is 1.92. The molecule has 0 aliphatic heterocycles. The van der Waals surface area contributed by atoms with E-state index in [9.17, 15) is 9.59 Å². The fraction of sp³-hybridized carbons (Fsp3) is 0.294. The average molecular weight is 411 g/mol. The third kappa shape index (κ3) is 3.39. The van der Waals surface area contributed by atoms with E-state index in [4.69, 9.17) is 23.2 Å². The summed E-state index contributed by atoms with van der Waals surface area (Å²) in [4.78, 5) is 33.7. The highest BCUT2D eigenvalue weighted by Crippen LogP contribution is 2.30. The van der Waals surface area contributed by atoms with Crippen molar-refractivity contribution in [3.63, 3.8) is 0 Å². The number of hydrogen-bond acceptors (Lipinski definition) is 5.